The van der Waals surface area contributed by atoms with Crippen LogP contribution in [-0.2, 0) is 9.53 Å². The van der Waals surface area contributed by atoms with Gasteiger partial charge in [-0.25, -0.2) is 4.79 Å². The van der Waals surface area contributed by atoms with Crippen LogP contribution in [0.15, 0.2) is 36.4 Å². The van der Waals surface area contributed by atoms with Gasteiger partial charge in [-0.05, 0) is 38.1 Å². The van der Waals surface area contributed by atoms with Crippen LogP contribution in [-0.4, -0.2) is 42.7 Å². The molecule has 1 amide bonds. The number of fused-ring (bicyclic) bond motifs is 1. The largest absolute Gasteiger partial charge is 0.487 e. The van der Waals surface area contributed by atoms with Gasteiger partial charge in [0, 0.05) is 17.8 Å². The van der Waals surface area contributed by atoms with E-state index in [1.165, 1.54) is 19.1 Å². The second-order valence-electron chi connectivity index (χ2n) is 6.27. The van der Waals surface area contributed by atoms with E-state index in [0.29, 0.717) is 30.4 Å². The van der Waals surface area contributed by atoms with Gasteiger partial charge in [0.25, 0.3) is 5.91 Å². The Morgan fingerprint density at radius 2 is 1.90 bits per heavy atom. The number of rotatable bonds is 7. The van der Waals surface area contributed by atoms with E-state index in [1.54, 1.807) is 25.1 Å². The first-order valence-electron chi connectivity index (χ1n) is 9.21. The second kappa shape index (κ2) is 9.12. The van der Waals surface area contributed by atoms with Gasteiger partial charge in [0.1, 0.15) is 13.2 Å². The van der Waals surface area contributed by atoms with Crippen LogP contribution in [0, 0.1) is 10.1 Å². The van der Waals surface area contributed by atoms with E-state index < -0.39 is 22.9 Å². The van der Waals surface area contributed by atoms with Crippen molar-refractivity contribution in [2.75, 3.05) is 25.1 Å². The zero-order valence-corrected chi connectivity index (χ0v) is 16.4. The first-order valence-corrected chi connectivity index (χ1v) is 9.21. The number of hydrogen-bond acceptors (Lipinski definition) is 8. The summed E-state index contributed by atoms with van der Waals surface area (Å²) in [7, 11) is 0. The lowest BCUT2D eigenvalue weighted by Crippen LogP contribution is -2.30. The monoisotopic (exact) mass is 416 g/mol. The molecule has 1 atom stereocenters. The molecule has 0 spiro atoms. The number of nitrogens with one attached hydrogen (secondary N) is 1. The molecular weight excluding hydrogens is 396 g/mol. The molecule has 10 nitrogen and oxygen atoms in total. The smallest absolute Gasteiger partial charge is 0.339 e. The van der Waals surface area contributed by atoms with Gasteiger partial charge in [-0.3, -0.25) is 14.9 Å². The summed E-state index contributed by atoms with van der Waals surface area (Å²) in [6, 6.07) is 8.62. The quantitative estimate of drug-likeness (QED) is 0.415. The zero-order chi connectivity index (χ0) is 21.7. The molecule has 0 aromatic heterocycles. The molecule has 0 bridgehead atoms. The molecule has 0 fully saturated rings. The number of anilines is 1. The SMILES string of the molecule is CCOc1ccc(C(=O)O[C@H](C)C(=O)Nc2ccc3c(c2)OCCO3)cc1[N+](=O)[O-]. The maximum atomic E-state index is 12.4. The summed E-state index contributed by atoms with van der Waals surface area (Å²) in [6.45, 7) is 4.19. The van der Waals surface area contributed by atoms with Crippen LogP contribution in [0.1, 0.15) is 24.2 Å². The predicted molar refractivity (Wildman–Crippen MR) is 105 cm³/mol. The third-order valence-corrected chi connectivity index (χ3v) is 4.15. The lowest BCUT2D eigenvalue weighted by Gasteiger charge is -2.19. The maximum Gasteiger partial charge on any atom is 0.339 e. The van der Waals surface area contributed by atoms with Crippen LogP contribution in [0.5, 0.6) is 17.2 Å². The Kier molecular flexibility index (Phi) is 6.35. The summed E-state index contributed by atoms with van der Waals surface area (Å²) in [5.74, 6) is -0.309. The van der Waals surface area contributed by atoms with Gasteiger partial charge in [-0.15, -0.1) is 0 Å². The molecule has 0 aliphatic carbocycles. The Balaban J connectivity index is 1.65. The third kappa shape index (κ3) is 4.77. The Hall–Kier alpha value is -3.82. The number of esters is 1. The van der Waals surface area contributed by atoms with Crippen molar-refractivity contribution >= 4 is 23.3 Å². The van der Waals surface area contributed by atoms with E-state index in [0.717, 1.165) is 6.07 Å². The molecule has 1 N–H and O–H groups in total. The molecule has 10 heteroatoms. The van der Waals surface area contributed by atoms with Gasteiger partial charge in [0.05, 0.1) is 17.1 Å². The van der Waals surface area contributed by atoms with Gasteiger partial charge < -0.3 is 24.3 Å². The number of carbonyl (C=O) groups excluding carboxylic acids is 2. The summed E-state index contributed by atoms with van der Waals surface area (Å²) >= 11 is 0. The predicted octanol–water partition coefficient (Wildman–Crippen LogP) is 2.95. The molecule has 0 unspecified atom stereocenters. The van der Waals surface area contributed by atoms with E-state index in [2.05, 4.69) is 5.32 Å². The minimum atomic E-state index is -1.14. The highest BCUT2D eigenvalue weighted by Gasteiger charge is 2.23. The molecule has 0 saturated carbocycles. The van der Waals surface area contributed by atoms with Crippen molar-refractivity contribution in [2.24, 2.45) is 0 Å². The minimum Gasteiger partial charge on any atom is -0.487 e. The van der Waals surface area contributed by atoms with E-state index in [-0.39, 0.29) is 23.6 Å². The fraction of sp³-hybridized carbons (Fsp3) is 0.300. The summed E-state index contributed by atoms with van der Waals surface area (Å²) in [4.78, 5) is 35.3. The Labute approximate surface area is 171 Å². The molecule has 1 heterocycles. The number of amides is 1. The number of benzene rings is 2. The van der Waals surface area contributed by atoms with Crippen LogP contribution in [0.25, 0.3) is 0 Å². The zero-order valence-electron chi connectivity index (χ0n) is 16.4. The highest BCUT2D eigenvalue weighted by Crippen LogP contribution is 2.32. The van der Waals surface area contributed by atoms with Crippen molar-refractivity contribution in [3.8, 4) is 17.2 Å². The normalized spacial score (nSPS) is 13.1. The topological polar surface area (TPSA) is 126 Å². The number of ether oxygens (including phenoxy) is 4. The fourth-order valence-electron chi connectivity index (χ4n) is 2.71. The number of nitrogens with zero attached hydrogens (tertiary/aromatic N) is 1. The summed E-state index contributed by atoms with van der Waals surface area (Å²) < 4.78 is 21.2. The first-order chi connectivity index (χ1) is 14.4. The average Bonchev–Trinajstić information content (AvgIpc) is 2.73. The van der Waals surface area contributed by atoms with Gasteiger partial charge in [0.15, 0.2) is 23.4 Å². The molecule has 158 valence electrons. The number of nitro benzene ring substituents is 1. The van der Waals surface area contributed by atoms with Gasteiger partial charge in [-0.1, -0.05) is 0 Å². The third-order valence-electron chi connectivity index (χ3n) is 4.15. The van der Waals surface area contributed by atoms with E-state index in [9.17, 15) is 19.7 Å². The van der Waals surface area contributed by atoms with Crippen LogP contribution < -0.4 is 19.5 Å². The van der Waals surface area contributed by atoms with Crippen molar-refractivity contribution in [1.82, 2.24) is 0 Å². The minimum absolute atomic E-state index is 0.0449. The van der Waals surface area contributed by atoms with Crippen molar-refractivity contribution in [3.63, 3.8) is 0 Å². The van der Waals surface area contributed by atoms with Crippen LogP contribution in [0.3, 0.4) is 0 Å². The second-order valence-corrected chi connectivity index (χ2v) is 6.27. The number of nitro groups is 1. The van der Waals surface area contributed by atoms with Crippen LogP contribution in [0.2, 0.25) is 0 Å². The summed E-state index contributed by atoms with van der Waals surface area (Å²) in [5.41, 5.74) is 0.0210. The number of hydrogen-bond donors (Lipinski definition) is 1. The fourth-order valence-corrected chi connectivity index (χ4v) is 2.71. The van der Waals surface area contributed by atoms with Crippen LogP contribution in [0.4, 0.5) is 11.4 Å². The lowest BCUT2D eigenvalue weighted by atomic mass is 10.2. The first kappa shape index (κ1) is 20.9. The molecule has 0 radical (unpaired) electrons. The molecular formula is C20H20N2O8. The maximum absolute atomic E-state index is 12.4. The van der Waals surface area contributed by atoms with Gasteiger partial charge >= 0.3 is 11.7 Å². The Morgan fingerprint density at radius 3 is 2.60 bits per heavy atom. The van der Waals surface area contributed by atoms with Crippen molar-refractivity contribution < 1.29 is 33.5 Å². The van der Waals surface area contributed by atoms with Crippen molar-refractivity contribution in [3.05, 3.63) is 52.1 Å². The summed E-state index contributed by atoms with van der Waals surface area (Å²) in [6.07, 6.45) is -1.14. The molecule has 1 aliphatic heterocycles. The van der Waals surface area contributed by atoms with Crippen molar-refractivity contribution in [2.45, 2.75) is 20.0 Å². The van der Waals surface area contributed by atoms with E-state index >= 15 is 0 Å². The average molecular weight is 416 g/mol. The highest BCUT2D eigenvalue weighted by atomic mass is 16.6. The lowest BCUT2D eigenvalue weighted by molar-refractivity contribution is -0.385. The Bertz CT molecular complexity index is 975. The standard InChI is InChI=1S/C20H20N2O8/c1-3-27-16-6-4-13(10-15(16)22(25)26)20(24)30-12(2)19(23)21-14-5-7-17-18(11-14)29-9-8-28-17/h4-7,10-12H,3,8-9H2,1-2H3,(H,21,23)/t12-/m1/s1. The van der Waals surface area contributed by atoms with E-state index in [4.69, 9.17) is 18.9 Å². The summed E-state index contributed by atoms with van der Waals surface area (Å²) in [5, 5.41) is 13.8. The highest BCUT2D eigenvalue weighted by molar-refractivity contribution is 5.97. The van der Waals surface area contributed by atoms with Gasteiger partial charge in [0.2, 0.25) is 0 Å². The molecule has 2 aromatic carbocycles. The molecule has 30 heavy (non-hydrogen) atoms. The Morgan fingerprint density at radius 1 is 1.17 bits per heavy atom. The molecule has 1 aliphatic rings. The van der Waals surface area contributed by atoms with Gasteiger partial charge in [-0.2, -0.15) is 0 Å². The van der Waals surface area contributed by atoms with Crippen LogP contribution >= 0.6 is 0 Å². The number of carbonyl (C=O) groups is 2. The van der Waals surface area contributed by atoms with Crippen molar-refractivity contribution in [1.29, 1.82) is 0 Å². The van der Waals surface area contributed by atoms with E-state index in [1.807, 2.05) is 0 Å². The molecule has 2 aromatic rings. The molecule has 0 saturated heterocycles. The molecule has 3 rings (SSSR count).